The molecule has 0 N–H and O–H groups in total. The average molecular weight is 712 g/mol. The molecule has 4 nitrogen and oxygen atoms in total. The topological polar surface area (TPSA) is 80.3 Å². The smallest absolute Gasteiger partial charge is 0.548 e. The van der Waals surface area contributed by atoms with Crippen LogP contribution in [0.2, 0.25) is 0 Å². The van der Waals surface area contributed by atoms with Gasteiger partial charge in [-0.1, -0.05) is 182 Å². The molecule has 0 aliphatic rings. The van der Waals surface area contributed by atoms with E-state index in [1.54, 1.807) is 0 Å². The molecule has 45 heavy (non-hydrogen) atoms. The van der Waals surface area contributed by atoms with Crippen LogP contribution in [0.3, 0.4) is 0 Å². The van der Waals surface area contributed by atoms with Gasteiger partial charge >= 0.3 is 48.9 Å². The number of carbonyl (C=O) groups is 2. The first-order chi connectivity index (χ1) is 21.5. The number of carboxylic acid groups (broad SMARTS) is 2. The van der Waals surface area contributed by atoms with E-state index in [4.69, 9.17) is 0 Å². The molecule has 0 unspecified atom stereocenters. The van der Waals surface area contributed by atoms with E-state index in [0.717, 1.165) is 0 Å². The van der Waals surface area contributed by atoms with Crippen molar-refractivity contribution in [3.8, 4) is 0 Å². The van der Waals surface area contributed by atoms with Gasteiger partial charge in [0.1, 0.15) is 0 Å². The molecular weight excluding hydrogens is 682 g/mol. The normalized spacial score (nSPS) is 10.8. The SMILES string of the molecule is O=C([O-])C(c1ccccc1)(c1ccccc1)c1ccccc1.O=C([O-])C(c1ccccc1)(c1ccccc1)c1ccccc1.[Ba+2]. The molecule has 0 fully saturated rings. The number of carboxylic acids is 2. The Balaban J connectivity index is 0.000000200. The second-order valence-electron chi connectivity index (χ2n) is 10.3. The molecule has 6 rings (SSSR count). The van der Waals surface area contributed by atoms with E-state index in [9.17, 15) is 19.8 Å². The van der Waals surface area contributed by atoms with E-state index in [2.05, 4.69) is 0 Å². The van der Waals surface area contributed by atoms with Gasteiger partial charge in [0.15, 0.2) is 0 Å². The number of rotatable bonds is 8. The summed E-state index contributed by atoms with van der Waals surface area (Å²) >= 11 is 0. The fraction of sp³-hybridized carbons (Fsp3) is 0.0500. The third-order valence-electron chi connectivity index (χ3n) is 7.85. The van der Waals surface area contributed by atoms with E-state index in [1.807, 2.05) is 182 Å². The Kier molecular flexibility index (Phi) is 11.8. The summed E-state index contributed by atoms with van der Waals surface area (Å²) in [4.78, 5) is 24.6. The Morgan fingerprint density at radius 1 is 0.311 bits per heavy atom. The van der Waals surface area contributed by atoms with Gasteiger partial charge in [-0.3, -0.25) is 0 Å². The standard InChI is InChI=1S/2C20H16O2.Ba/c2*21-19(22)20(16-10-4-1-5-11-16,17-12-6-2-7-13-17)18-14-8-3-9-15-18;/h2*1-15H,(H,21,22);/q;;+2/p-2. The van der Waals surface area contributed by atoms with Crippen molar-refractivity contribution < 1.29 is 19.8 Å². The van der Waals surface area contributed by atoms with Crippen LogP contribution in [0.15, 0.2) is 182 Å². The second-order valence-corrected chi connectivity index (χ2v) is 10.3. The van der Waals surface area contributed by atoms with Crippen molar-refractivity contribution in [3.05, 3.63) is 215 Å². The molecule has 0 atom stereocenters. The molecule has 0 amide bonds. The third kappa shape index (κ3) is 6.76. The number of benzene rings is 6. The van der Waals surface area contributed by atoms with Crippen molar-refractivity contribution in [1.82, 2.24) is 0 Å². The zero-order valence-electron chi connectivity index (χ0n) is 24.7. The zero-order chi connectivity index (χ0) is 30.8. The number of aliphatic carboxylic acids is 2. The van der Waals surface area contributed by atoms with Crippen molar-refractivity contribution in [2.75, 3.05) is 0 Å². The molecular formula is C40H30BaO4. The van der Waals surface area contributed by atoms with Gasteiger partial charge in [-0.2, -0.15) is 0 Å². The van der Waals surface area contributed by atoms with Crippen LogP contribution in [0.5, 0.6) is 0 Å². The van der Waals surface area contributed by atoms with Gasteiger partial charge in [0.05, 0.1) is 22.8 Å². The molecule has 0 aliphatic carbocycles. The number of hydrogen-bond acceptors (Lipinski definition) is 4. The Morgan fingerprint density at radius 2 is 0.444 bits per heavy atom. The summed E-state index contributed by atoms with van der Waals surface area (Å²) in [5.41, 5.74) is 1.49. The molecule has 0 bridgehead atoms. The van der Waals surface area contributed by atoms with Crippen LogP contribution in [0.1, 0.15) is 33.4 Å². The fourth-order valence-corrected chi connectivity index (χ4v) is 5.84. The molecule has 0 heterocycles. The van der Waals surface area contributed by atoms with E-state index in [-0.39, 0.29) is 48.9 Å². The largest absolute Gasteiger partial charge is 2.00 e. The Labute approximate surface area is 304 Å². The Bertz CT molecular complexity index is 1450. The molecule has 0 radical (unpaired) electrons. The third-order valence-corrected chi connectivity index (χ3v) is 7.85. The quantitative estimate of drug-likeness (QED) is 0.162. The van der Waals surface area contributed by atoms with Gasteiger partial charge in [0.25, 0.3) is 0 Å². The molecule has 0 aliphatic heterocycles. The van der Waals surface area contributed by atoms with Crippen LogP contribution in [0, 0.1) is 0 Å². The number of hydrogen-bond donors (Lipinski definition) is 0. The van der Waals surface area contributed by atoms with Crippen molar-refractivity contribution in [1.29, 1.82) is 0 Å². The minimum atomic E-state index is -1.32. The van der Waals surface area contributed by atoms with E-state index >= 15 is 0 Å². The van der Waals surface area contributed by atoms with Gasteiger partial charge in [-0.05, 0) is 33.4 Å². The van der Waals surface area contributed by atoms with Crippen molar-refractivity contribution in [2.45, 2.75) is 10.8 Å². The number of carbonyl (C=O) groups excluding carboxylic acids is 2. The van der Waals surface area contributed by atoms with Crippen LogP contribution in [-0.2, 0) is 20.4 Å². The first kappa shape index (κ1) is 33.7. The molecule has 216 valence electrons. The maximum absolute atomic E-state index is 12.3. The van der Waals surface area contributed by atoms with Crippen LogP contribution in [0.4, 0.5) is 0 Å². The van der Waals surface area contributed by atoms with E-state index in [1.165, 1.54) is 0 Å². The second kappa shape index (κ2) is 15.7. The van der Waals surface area contributed by atoms with Gasteiger partial charge < -0.3 is 19.8 Å². The maximum atomic E-state index is 12.3. The van der Waals surface area contributed by atoms with Crippen LogP contribution >= 0.6 is 0 Å². The molecule has 0 aromatic heterocycles. The first-order valence-electron chi connectivity index (χ1n) is 14.3. The zero-order valence-corrected chi connectivity index (χ0v) is 29.1. The van der Waals surface area contributed by atoms with Crippen LogP contribution < -0.4 is 10.2 Å². The van der Waals surface area contributed by atoms with Gasteiger partial charge in [-0.15, -0.1) is 0 Å². The minimum absolute atomic E-state index is 0. The summed E-state index contributed by atoms with van der Waals surface area (Å²) in [6.45, 7) is 0. The molecule has 0 saturated heterocycles. The van der Waals surface area contributed by atoms with E-state index < -0.39 is 22.8 Å². The first-order valence-corrected chi connectivity index (χ1v) is 14.3. The van der Waals surface area contributed by atoms with Crippen molar-refractivity contribution in [3.63, 3.8) is 0 Å². The van der Waals surface area contributed by atoms with Gasteiger partial charge in [0, 0.05) is 0 Å². The van der Waals surface area contributed by atoms with Gasteiger partial charge in [-0.25, -0.2) is 0 Å². The predicted octanol–water partition coefficient (Wildman–Crippen LogP) is 5.16. The summed E-state index contributed by atoms with van der Waals surface area (Å²) in [7, 11) is 0. The maximum Gasteiger partial charge on any atom is 2.00 e. The molecule has 0 saturated carbocycles. The van der Waals surface area contributed by atoms with E-state index in [0.29, 0.717) is 33.4 Å². The van der Waals surface area contributed by atoms with Gasteiger partial charge in [0.2, 0.25) is 0 Å². The molecule has 0 spiro atoms. The predicted molar refractivity (Wildman–Crippen MR) is 174 cm³/mol. The average Bonchev–Trinajstić information content (AvgIpc) is 3.08. The summed E-state index contributed by atoms with van der Waals surface area (Å²) < 4.78 is 0. The molecule has 6 aromatic carbocycles. The Hall–Kier alpha value is -4.17. The minimum Gasteiger partial charge on any atom is -0.548 e. The monoisotopic (exact) mass is 712 g/mol. The van der Waals surface area contributed by atoms with Crippen molar-refractivity contribution >= 4 is 60.8 Å². The summed E-state index contributed by atoms with van der Waals surface area (Å²) in [6.07, 6.45) is 0. The Morgan fingerprint density at radius 3 is 0.556 bits per heavy atom. The molecule has 5 heteroatoms. The van der Waals surface area contributed by atoms with Crippen molar-refractivity contribution in [2.24, 2.45) is 0 Å². The summed E-state index contributed by atoms with van der Waals surface area (Å²) in [5, 5.41) is 24.6. The summed E-state index contributed by atoms with van der Waals surface area (Å²) in [5.74, 6) is -2.26. The van der Waals surface area contributed by atoms with Crippen LogP contribution in [-0.4, -0.2) is 60.8 Å². The molecule has 6 aromatic rings. The fourth-order valence-electron chi connectivity index (χ4n) is 5.84. The summed E-state index contributed by atoms with van der Waals surface area (Å²) in [6, 6.07) is 55.4. The van der Waals surface area contributed by atoms with Crippen LogP contribution in [0.25, 0.3) is 0 Å².